The fourth-order valence-corrected chi connectivity index (χ4v) is 4.11. The third-order valence-electron chi connectivity index (χ3n) is 3.94. The molecule has 2 aromatic carbocycles. The largest absolute Gasteiger partial charge is 0.326 e. The number of fused-ring (bicyclic) bond motifs is 1. The van der Waals surface area contributed by atoms with Gasteiger partial charge in [0.1, 0.15) is 5.25 Å². The SMILES string of the molecule is Cc1ccc(NC(=O)C[C@@H]2C(=O)Nc3ccccc3[S@@]2=O)c(C)c1. The van der Waals surface area contributed by atoms with Crippen LogP contribution in [0, 0.1) is 13.8 Å². The van der Waals surface area contributed by atoms with Gasteiger partial charge in [-0.05, 0) is 37.6 Å². The van der Waals surface area contributed by atoms with Crippen LogP contribution in [0.1, 0.15) is 17.5 Å². The van der Waals surface area contributed by atoms with E-state index in [0.29, 0.717) is 16.3 Å². The van der Waals surface area contributed by atoms with Crippen LogP contribution in [0.25, 0.3) is 0 Å². The Morgan fingerprint density at radius 2 is 1.96 bits per heavy atom. The molecule has 1 aliphatic heterocycles. The van der Waals surface area contributed by atoms with Crippen molar-refractivity contribution in [2.75, 3.05) is 10.6 Å². The molecule has 0 spiro atoms. The summed E-state index contributed by atoms with van der Waals surface area (Å²) in [6, 6.07) is 12.7. The molecule has 2 aromatic rings. The van der Waals surface area contributed by atoms with Crippen molar-refractivity contribution in [3.63, 3.8) is 0 Å². The van der Waals surface area contributed by atoms with Crippen molar-refractivity contribution in [3.8, 4) is 0 Å². The Morgan fingerprint density at radius 1 is 1.21 bits per heavy atom. The normalized spacial score (nSPS) is 19.3. The molecule has 3 rings (SSSR count). The number of nitrogens with one attached hydrogen (secondary N) is 2. The first-order valence-electron chi connectivity index (χ1n) is 7.63. The lowest BCUT2D eigenvalue weighted by Crippen LogP contribution is -2.39. The number of rotatable bonds is 3. The van der Waals surface area contributed by atoms with Crippen molar-refractivity contribution in [2.45, 2.75) is 30.4 Å². The molecule has 2 atom stereocenters. The lowest BCUT2D eigenvalue weighted by atomic mass is 10.1. The number of benzene rings is 2. The molecule has 0 saturated heterocycles. The van der Waals surface area contributed by atoms with Gasteiger partial charge in [-0.25, -0.2) is 0 Å². The number of carbonyl (C=O) groups is 2. The zero-order valence-corrected chi connectivity index (χ0v) is 14.3. The van der Waals surface area contributed by atoms with E-state index in [0.717, 1.165) is 11.1 Å². The number of para-hydroxylation sites is 1. The highest BCUT2D eigenvalue weighted by Crippen LogP contribution is 2.28. The first-order chi connectivity index (χ1) is 11.5. The summed E-state index contributed by atoms with van der Waals surface area (Å²) in [7, 11) is -1.54. The number of carbonyl (C=O) groups excluding carboxylic acids is 2. The second-order valence-electron chi connectivity index (χ2n) is 5.84. The molecule has 1 heterocycles. The van der Waals surface area contributed by atoms with Gasteiger partial charge in [-0.15, -0.1) is 0 Å². The van der Waals surface area contributed by atoms with Crippen LogP contribution in [0.5, 0.6) is 0 Å². The molecule has 0 aliphatic carbocycles. The van der Waals surface area contributed by atoms with E-state index < -0.39 is 16.0 Å². The standard InChI is InChI=1S/C18H18N2O3S/c1-11-7-8-13(12(2)9-11)19-17(21)10-16-18(22)20-14-5-3-4-6-15(14)24(16)23/h3-9,16H,10H2,1-2H3,(H,19,21)(H,20,22)/t16-,24+/m1/s1. The molecular formula is C18H18N2O3S. The van der Waals surface area contributed by atoms with Crippen molar-refractivity contribution >= 4 is 34.0 Å². The molecule has 2 amide bonds. The number of anilines is 2. The number of aryl methyl sites for hydroxylation is 2. The van der Waals surface area contributed by atoms with E-state index in [1.54, 1.807) is 24.3 Å². The van der Waals surface area contributed by atoms with Crippen LogP contribution in [-0.4, -0.2) is 21.3 Å². The third-order valence-corrected chi connectivity index (χ3v) is 5.63. The summed E-state index contributed by atoms with van der Waals surface area (Å²) in [5.74, 6) is -0.711. The maximum absolute atomic E-state index is 12.6. The quantitative estimate of drug-likeness (QED) is 0.900. The van der Waals surface area contributed by atoms with Gasteiger partial charge in [0, 0.05) is 5.69 Å². The Morgan fingerprint density at radius 3 is 2.71 bits per heavy atom. The highest BCUT2D eigenvalue weighted by molar-refractivity contribution is 7.86. The van der Waals surface area contributed by atoms with Crippen LogP contribution in [0.2, 0.25) is 0 Å². The fourth-order valence-electron chi connectivity index (χ4n) is 2.70. The molecule has 1 aliphatic rings. The first kappa shape index (κ1) is 16.4. The molecule has 0 unspecified atom stereocenters. The van der Waals surface area contributed by atoms with Crippen LogP contribution in [-0.2, 0) is 20.4 Å². The molecule has 2 N–H and O–H groups in total. The second-order valence-corrected chi connectivity index (χ2v) is 7.45. The van der Waals surface area contributed by atoms with E-state index in [1.807, 2.05) is 32.0 Å². The van der Waals surface area contributed by atoms with Crippen molar-refractivity contribution in [1.82, 2.24) is 0 Å². The molecule has 0 radical (unpaired) electrons. The maximum atomic E-state index is 12.6. The van der Waals surface area contributed by atoms with Crippen molar-refractivity contribution in [1.29, 1.82) is 0 Å². The predicted molar refractivity (Wildman–Crippen MR) is 94.4 cm³/mol. The monoisotopic (exact) mass is 342 g/mol. The Bertz CT molecular complexity index is 848. The van der Waals surface area contributed by atoms with Crippen LogP contribution >= 0.6 is 0 Å². The minimum absolute atomic E-state index is 0.125. The molecule has 5 nitrogen and oxygen atoms in total. The van der Waals surface area contributed by atoms with Gasteiger partial charge in [-0.3, -0.25) is 13.8 Å². The van der Waals surface area contributed by atoms with Crippen LogP contribution < -0.4 is 10.6 Å². The minimum Gasteiger partial charge on any atom is -0.326 e. The van der Waals surface area contributed by atoms with E-state index in [4.69, 9.17) is 0 Å². The summed E-state index contributed by atoms with van der Waals surface area (Å²) >= 11 is 0. The molecule has 0 fully saturated rings. The zero-order valence-electron chi connectivity index (χ0n) is 13.5. The highest BCUT2D eigenvalue weighted by atomic mass is 32.2. The summed E-state index contributed by atoms with van der Waals surface area (Å²) in [5.41, 5.74) is 3.30. The van der Waals surface area contributed by atoms with Gasteiger partial charge in [-0.1, -0.05) is 29.8 Å². The number of hydrogen-bond donors (Lipinski definition) is 2. The molecule has 0 aromatic heterocycles. The van der Waals surface area contributed by atoms with Gasteiger partial charge < -0.3 is 10.6 Å². The fraction of sp³-hybridized carbons (Fsp3) is 0.222. The van der Waals surface area contributed by atoms with Crippen molar-refractivity contribution in [2.24, 2.45) is 0 Å². The topological polar surface area (TPSA) is 75.3 Å². The summed E-state index contributed by atoms with van der Waals surface area (Å²) in [5, 5.41) is 4.63. The summed E-state index contributed by atoms with van der Waals surface area (Å²) in [6.45, 7) is 3.88. The highest BCUT2D eigenvalue weighted by Gasteiger charge is 2.34. The van der Waals surface area contributed by atoms with Crippen LogP contribution in [0.4, 0.5) is 11.4 Å². The first-order valence-corrected chi connectivity index (χ1v) is 8.84. The smallest absolute Gasteiger partial charge is 0.241 e. The lowest BCUT2D eigenvalue weighted by Gasteiger charge is -2.23. The van der Waals surface area contributed by atoms with Gasteiger partial charge in [0.25, 0.3) is 0 Å². The molecule has 124 valence electrons. The Labute approximate surface area is 142 Å². The van der Waals surface area contributed by atoms with Crippen LogP contribution in [0.3, 0.4) is 0 Å². The summed E-state index contributed by atoms with van der Waals surface area (Å²) in [6.07, 6.45) is -0.125. The van der Waals surface area contributed by atoms with E-state index in [-0.39, 0.29) is 18.2 Å². The number of hydrogen-bond acceptors (Lipinski definition) is 3. The van der Waals surface area contributed by atoms with Gasteiger partial charge in [-0.2, -0.15) is 0 Å². The van der Waals surface area contributed by atoms with E-state index in [9.17, 15) is 13.8 Å². The van der Waals surface area contributed by atoms with Crippen molar-refractivity contribution in [3.05, 3.63) is 53.6 Å². The number of amides is 2. The summed E-state index contributed by atoms with van der Waals surface area (Å²) in [4.78, 5) is 25.0. The van der Waals surface area contributed by atoms with Gasteiger partial charge >= 0.3 is 0 Å². The molecule has 24 heavy (non-hydrogen) atoms. The Hall–Kier alpha value is -2.47. The average molecular weight is 342 g/mol. The minimum atomic E-state index is -1.54. The van der Waals surface area contributed by atoms with E-state index >= 15 is 0 Å². The Kier molecular flexibility index (Phi) is 4.49. The third kappa shape index (κ3) is 3.23. The van der Waals surface area contributed by atoms with Crippen LogP contribution in [0.15, 0.2) is 47.4 Å². The maximum Gasteiger partial charge on any atom is 0.241 e. The molecule has 0 saturated carbocycles. The zero-order chi connectivity index (χ0) is 17.3. The van der Waals surface area contributed by atoms with Gasteiger partial charge in [0.05, 0.1) is 27.8 Å². The average Bonchev–Trinajstić information content (AvgIpc) is 2.54. The molecular weight excluding hydrogens is 324 g/mol. The molecule has 0 bridgehead atoms. The van der Waals surface area contributed by atoms with Gasteiger partial charge in [0.15, 0.2) is 0 Å². The second kappa shape index (κ2) is 6.57. The Balaban J connectivity index is 1.75. The predicted octanol–water partition coefficient (Wildman–Crippen LogP) is 2.76. The van der Waals surface area contributed by atoms with E-state index in [1.165, 1.54) is 0 Å². The van der Waals surface area contributed by atoms with E-state index in [2.05, 4.69) is 10.6 Å². The van der Waals surface area contributed by atoms with Crippen molar-refractivity contribution < 1.29 is 13.8 Å². The van der Waals surface area contributed by atoms with Gasteiger partial charge in [0.2, 0.25) is 11.8 Å². The molecule has 6 heteroatoms. The lowest BCUT2D eigenvalue weighted by molar-refractivity contribution is -0.120. The summed E-state index contributed by atoms with van der Waals surface area (Å²) < 4.78 is 12.6.